The molecule has 3 rings (SSSR count). The molecule has 6 nitrogen and oxygen atoms in total. The SMILES string of the molecule is COc1ccc(C)cc1-n1nnnc1-c1ccccc1N. The van der Waals surface area contributed by atoms with Gasteiger partial charge in [-0.05, 0) is 47.2 Å². The van der Waals surface area contributed by atoms with Crippen molar-refractivity contribution in [1.82, 2.24) is 20.2 Å². The molecule has 2 N–H and O–H groups in total. The van der Waals surface area contributed by atoms with E-state index in [1.54, 1.807) is 11.8 Å². The quantitative estimate of drug-likeness (QED) is 0.745. The number of hydrogen-bond donors (Lipinski definition) is 1. The fourth-order valence-electron chi connectivity index (χ4n) is 2.18. The van der Waals surface area contributed by atoms with Crippen molar-refractivity contribution in [3.05, 3.63) is 48.0 Å². The standard InChI is InChI=1S/C15H15N5O/c1-10-7-8-14(21-2)13(9-10)20-15(17-18-19-20)11-5-3-4-6-12(11)16/h3-9H,16H2,1-2H3. The van der Waals surface area contributed by atoms with Crippen LogP contribution in [0.5, 0.6) is 5.75 Å². The second-order valence-corrected chi connectivity index (χ2v) is 4.68. The number of nitrogens with zero attached hydrogens (tertiary/aromatic N) is 4. The molecule has 2 aromatic carbocycles. The number of hydrogen-bond acceptors (Lipinski definition) is 5. The number of rotatable bonds is 3. The first-order chi connectivity index (χ1) is 10.2. The number of anilines is 1. The van der Waals surface area contributed by atoms with Crippen molar-refractivity contribution >= 4 is 5.69 Å². The Kier molecular flexibility index (Phi) is 3.27. The lowest BCUT2D eigenvalue weighted by Gasteiger charge is -2.11. The predicted molar refractivity (Wildman–Crippen MR) is 80.3 cm³/mol. The second kappa shape index (κ2) is 5.24. The molecule has 0 unspecified atom stereocenters. The summed E-state index contributed by atoms with van der Waals surface area (Å²) in [5, 5.41) is 11.9. The van der Waals surface area contributed by atoms with Crippen LogP contribution >= 0.6 is 0 Å². The van der Waals surface area contributed by atoms with Gasteiger partial charge < -0.3 is 10.5 Å². The molecule has 0 aliphatic heterocycles. The van der Waals surface area contributed by atoms with Gasteiger partial charge >= 0.3 is 0 Å². The van der Waals surface area contributed by atoms with Gasteiger partial charge in [-0.15, -0.1) is 5.10 Å². The van der Waals surface area contributed by atoms with Crippen LogP contribution in [-0.4, -0.2) is 27.3 Å². The van der Waals surface area contributed by atoms with Crippen LogP contribution in [0.15, 0.2) is 42.5 Å². The number of tetrazole rings is 1. The predicted octanol–water partition coefficient (Wildman–Crippen LogP) is 2.23. The topological polar surface area (TPSA) is 78.8 Å². The Morgan fingerprint density at radius 1 is 1.14 bits per heavy atom. The van der Waals surface area contributed by atoms with Gasteiger partial charge in [-0.1, -0.05) is 18.2 Å². The highest BCUT2D eigenvalue weighted by atomic mass is 16.5. The van der Waals surface area contributed by atoms with Gasteiger partial charge in [-0.2, -0.15) is 4.68 Å². The number of nitrogen functional groups attached to an aromatic ring is 1. The lowest BCUT2D eigenvalue weighted by Crippen LogP contribution is -2.04. The van der Waals surface area contributed by atoms with E-state index in [1.807, 2.05) is 49.4 Å². The number of nitrogens with two attached hydrogens (primary N) is 1. The van der Waals surface area contributed by atoms with E-state index >= 15 is 0 Å². The summed E-state index contributed by atoms with van der Waals surface area (Å²) in [7, 11) is 1.62. The van der Waals surface area contributed by atoms with Crippen LogP contribution in [-0.2, 0) is 0 Å². The molecule has 0 bridgehead atoms. The monoisotopic (exact) mass is 281 g/mol. The average Bonchev–Trinajstić information content (AvgIpc) is 2.96. The lowest BCUT2D eigenvalue weighted by atomic mass is 10.1. The highest BCUT2D eigenvalue weighted by Gasteiger charge is 2.16. The number of aromatic nitrogens is 4. The van der Waals surface area contributed by atoms with Crippen LogP contribution in [0, 0.1) is 6.92 Å². The summed E-state index contributed by atoms with van der Waals surface area (Å²) in [5.41, 5.74) is 9.30. The van der Waals surface area contributed by atoms with Crippen molar-refractivity contribution in [3.63, 3.8) is 0 Å². The van der Waals surface area contributed by atoms with Crippen LogP contribution in [0.1, 0.15) is 5.56 Å². The molecule has 0 aliphatic carbocycles. The molecule has 106 valence electrons. The van der Waals surface area contributed by atoms with E-state index in [-0.39, 0.29) is 0 Å². The van der Waals surface area contributed by atoms with E-state index < -0.39 is 0 Å². The summed E-state index contributed by atoms with van der Waals surface area (Å²) in [6.07, 6.45) is 0. The third-order valence-corrected chi connectivity index (χ3v) is 3.23. The van der Waals surface area contributed by atoms with Crippen molar-refractivity contribution in [2.24, 2.45) is 0 Å². The zero-order valence-corrected chi connectivity index (χ0v) is 11.8. The molecule has 0 aliphatic rings. The number of methoxy groups -OCH3 is 1. The van der Waals surface area contributed by atoms with Gasteiger partial charge in [-0.25, -0.2) is 0 Å². The molecule has 0 radical (unpaired) electrons. The first-order valence-corrected chi connectivity index (χ1v) is 6.49. The molecular weight excluding hydrogens is 266 g/mol. The Labute approximate surface area is 122 Å². The van der Waals surface area contributed by atoms with Gasteiger partial charge in [0, 0.05) is 11.3 Å². The molecule has 21 heavy (non-hydrogen) atoms. The van der Waals surface area contributed by atoms with Crippen molar-refractivity contribution in [1.29, 1.82) is 0 Å². The molecule has 0 fully saturated rings. The molecule has 0 atom stereocenters. The van der Waals surface area contributed by atoms with Gasteiger partial charge in [0.25, 0.3) is 0 Å². The second-order valence-electron chi connectivity index (χ2n) is 4.68. The maximum Gasteiger partial charge on any atom is 0.189 e. The molecule has 1 aromatic heterocycles. The van der Waals surface area contributed by atoms with E-state index in [4.69, 9.17) is 10.5 Å². The third kappa shape index (κ3) is 2.31. The summed E-state index contributed by atoms with van der Waals surface area (Å²) in [6.45, 7) is 2.00. The highest BCUT2D eigenvalue weighted by Crippen LogP contribution is 2.29. The normalized spacial score (nSPS) is 10.6. The fraction of sp³-hybridized carbons (Fsp3) is 0.133. The smallest absolute Gasteiger partial charge is 0.189 e. The number of ether oxygens (including phenoxy) is 1. The lowest BCUT2D eigenvalue weighted by molar-refractivity contribution is 0.411. The molecule has 0 spiro atoms. The van der Waals surface area contributed by atoms with Crippen molar-refractivity contribution in [2.45, 2.75) is 6.92 Å². The maximum atomic E-state index is 6.02. The van der Waals surface area contributed by atoms with Crippen molar-refractivity contribution < 1.29 is 4.74 Å². The first-order valence-electron chi connectivity index (χ1n) is 6.49. The van der Waals surface area contributed by atoms with Gasteiger partial charge in [0.05, 0.1) is 7.11 Å². The average molecular weight is 281 g/mol. The van der Waals surface area contributed by atoms with E-state index in [0.29, 0.717) is 17.3 Å². The Hall–Kier alpha value is -2.89. The summed E-state index contributed by atoms with van der Waals surface area (Å²) in [6, 6.07) is 13.3. The zero-order valence-electron chi connectivity index (χ0n) is 11.8. The van der Waals surface area contributed by atoms with Crippen LogP contribution in [0.2, 0.25) is 0 Å². The highest BCUT2D eigenvalue weighted by molar-refractivity contribution is 5.72. The largest absolute Gasteiger partial charge is 0.494 e. The molecule has 1 heterocycles. The summed E-state index contributed by atoms with van der Waals surface area (Å²) in [4.78, 5) is 0. The van der Waals surface area contributed by atoms with E-state index in [9.17, 15) is 0 Å². The van der Waals surface area contributed by atoms with Gasteiger partial charge in [0.2, 0.25) is 0 Å². The van der Waals surface area contributed by atoms with E-state index in [1.165, 1.54) is 0 Å². The molecule has 0 amide bonds. The Bertz CT molecular complexity index is 781. The van der Waals surface area contributed by atoms with E-state index in [0.717, 1.165) is 16.8 Å². The van der Waals surface area contributed by atoms with Crippen LogP contribution in [0.3, 0.4) is 0 Å². The summed E-state index contributed by atoms with van der Waals surface area (Å²) < 4.78 is 7.03. The fourth-order valence-corrected chi connectivity index (χ4v) is 2.18. The molecular formula is C15H15N5O. The third-order valence-electron chi connectivity index (χ3n) is 3.23. The summed E-state index contributed by atoms with van der Waals surface area (Å²) in [5.74, 6) is 1.28. The molecule has 0 saturated heterocycles. The molecule has 3 aromatic rings. The van der Waals surface area contributed by atoms with E-state index in [2.05, 4.69) is 15.5 Å². The molecule has 0 saturated carbocycles. The summed E-state index contributed by atoms with van der Waals surface area (Å²) >= 11 is 0. The number of benzene rings is 2. The minimum atomic E-state index is 0.581. The Morgan fingerprint density at radius 2 is 1.95 bits per heavy atom. The van der Waals surface area contributed by atoms with Crippen molar-refractivity contribution in [2.75, 3.05) is 12.8 Å². The van der Waals surface area contributed by atoms with Gasteiger partial charge in [0.15, 0.2) is 5.82 Å². The first kappa shape index (κ1) is 13.1. The minimum absolute atomic E-state index is 0.581. The minimum Gasteiger partial charge on any atom is -0.494 e. The van der Waals surface area contributed by atoms with Crippen molar-refractivity contribution in [3.8, 4) is 22.8 Å². The van der Waals surface area contributed by atoms with Crippen LogP contribution in [0.4, 0.5) is 5.69 Å². The van der Waals surface area contributed by atoms with Crippen LogP contribution < -0.4 is 10.5 Å². The van der Waals surface area contributed by atoms with Crippen LogP contribution in [0.25, 0.3) is 17.1 Å². The van der Waals surface area contributed by atoms with Gasteiger partial charge in [-0.3, -0.25) is 0 Å². The Morgan fingerprint density at radius 3 is 2.71 bits per heavy atom. The molecule has 6 heteroatoms. The maximum absolute atomic E-state index is 6.02. The zero-order chi connectivity index (χ0) is 14.8. The van der Waals surface area contributed by atoms with Gasteiger partial charge in [0.1, 0.15) is 11.4 Å². The number of aryl methyl sites for hydroxylation is 1. The number of para-hydroxylation sites is 1. The Balaban J connectivity index is 2.21.